The van der Waals surface area contributed by atoms with Gasteiger partial charge in [0.15, 0.2) is 0 Å². The molecule has 0 aromatic rings. The third-order valence-corrected chi connectivity index (χ3v) is 3.63. The van der Waals surface area contributed by atoms with Gasteiger partial charge in [0.1, 0.15) is 0 Å². The first-order chi connectivity index (χ1) is 5.41. The standard InChI is InChI=1S/C11H21Cl/c1-8-5-6-9(10(12)7-8)11(2,3)4/h8-10H,5-7H2,1-4H3. The van der Waals surface area contributed by atoms with Crippen molar-refractivity contribution >= 4 is 11.6 Å². The Morgan fingerprint density at radius 2 is 1.75 bits per heavy atom. The highest BCUT2D eigenvalue weighted by atomic mass is 35.5. The summed E-state index contributed by atoms with van der Waals surface area (Å²) in [4.78, 5) is 0. The van der Waals surface area contributed by atoms with E-state index in [1.807, 2.05) is 0 Å². The molecule has 0 aromatic carbocycles. The molecular weight excluding hydrogens is 168 g/mol. The van der Waals surface area contributed by atoms with E-state index in [-0.39, 0.29) is 0 Å². The quantitative estimate of drug-likeness (QED) is 0.503. The van der Waals surface area contributed by atoms with Crippen LogP contribution in [-0.4, -0.2) is 5.38 Å². The Balaban J connectivity index is 2.57. The van der Waals surface area contributed by atoms with Gasteiger partial charge < -0.3 is 0 Å². The molecule has 1 fully saturated rings. The number of alkyl halides is 1. The van der Waals surface area contributed by atoms with Gasteiger partial charge in [0, 0.05) is 5.38 Å². The van der Waals surface area contributed by atoms with E-state index in [0.29, 0.717) is 10.8 Å². The maximum absolute atomic E-state index is 6.36. The molecule has 0 aromatic heterocycles. The molecular formula is C11H21Cl. The van der Waals surface area contributed by atoms with E-state index >= 15 is 0 Å². The Bertz CT molecular complexity index is 146. The van der Waals surface area contributed by atoms with E-state index in [0.717, 1.165) is 11.8 Å². The molecule has 3 unspecified atom stereocenters. The summed E-state index contributed by atoms with van der Waals surface area (Å²) in [6, 6.07) is 0. The van der Waals surface area contributed by atoms with Gasteiger partial charge in [0.25, 0.3) is 0 Å². The van der Waals surface area contributed by atoms with Crippen LogP contribution in [0.1, 0.15) is 47.0 Å². The summed E-state index contributed by atoms with van der Waals surface area (Å²) < 4.78 is 0. The summed E-state index contributed by atoms with van der Waals surface area (Å²) in [5, 5.41) is 0.411. The zero-order chi connectivity index (χ0) is 9.35. The van der Waals surface area contributed by atoms with Gasteiger partial charge in [0.2, 0.25) is 0 Å². The van der Waals surface area contributed by atoms with Crippen molar-refractivity contribution in [3.05, 3.63) is 0 Å². The largest absolute Gasteiger partial charge is 0.123 e. The van der Waals surface area contributed by atoms with Gasteiger partial charge >= 0.3 is 0 Å². The van der Waals surface area contributed by atoms with Crippen molar-refractivity contribution in [2.24, 2.45) is 17.3 Å². The summed E-state index contributed by atoms with van der Waals surface area (Å²) >= 11 is 6.36. The minimum absolute atomic E-state index is 0.395. The molecule has 1 aliphatic carbocycles. The van der Waals surface area contributed by atoms with Crippen LogP contribution in [0, 0.1) is 17.3 Å². The Hall–Kier alpha value is 0.290. The third-order valence-electron chi connectivity index (χ3n) is 3.15. The van der Waals surface area contributed by atoms with Crippen LogP contribution in [-0.2, 0) is 0 Å². The predicted molar refractivity (Wildman–Crippen MR) is 55.6 cm³/mol. The highest BCUT2D eigenvalue weighted by Crippen LogP contribution is 2.42. The first kappa shape index (κ1) is 10.4. The SMILES string of the molecule is CC1CCC(C(C)(C)C)C(Cl)C1. The highest BCUT2D eigenvalue weighted by molar-refractivity contribution is 6.20. The second-order valence-electron chi connectivity index (χ2n) is 5.41. The molecule has 0 N–H and O–H groups in total. The first-order valence-corrected chi connectivity index (χ1v) is 5.49. The fourth-order valence-corrected chi connectivity index (χ4v) is 3.10. The maximum atomic E-state index is 6.36. The summed E-state index contributed by atoms with van der Waals surface area (Å²) in [5.74, 6) is 1.56. The average Bonchev–Trinajstić information content (AvgIpc) is 1.83. The van der Waals surface area contributed by atoms with Gasteiger partial charge in [-0.15, -0.1) is 11.6 Å². The molecule has 72 valence electrons. The number of hydrogen-bond donors (Lipinski definition) is 0. The Kier molecular flexibility index (Phi) is 3.09. The lowest BCUT2D eigenvalue weighted by atomic mass is 9.70. The molecule has 1 saturated carbocycles. The van der Waals surface area contributed by atoms with Crippen molar-refractivity contribution in [2.45, 2.75) is 52.3 Å². The fourth-order valence-electron chi connectivity index (χ4n) is 2.29. The average molecular weight is 189 g/mol. The molecule has 0 radical (unpaired) electrons. The molecule has 0 amide bonds. The van der Waals surface area contributed by atoms with Crippen molar-refractivity contribution in [3.8, 4) is 0 Å². The molecule has 0 nitrogen and oxygen atoms in total. The minimum atomic E-state index is 0.395. The molecule has 0 bridgehead atoms. The Morgan fingerprint density at radius 3 is 2.17 bits per heavy atom. The molecule has 1 heteroatoms. The van der Waals surface area contributed by atoms with Crippen molar-refractivity contribution in [1.29, 1.82) is 0 Å². The molecule has 0 heterocycles. The topological polar surface area (TPSA) is 0 Å². The molecule has 0 saturated heterocycles. The van der Waals surface area contributed by atoms with Crippen LogP contribution >= 0.6 is 11.6 Å². The lowest BCUT2D eigenvalue weighted by Gasteiger charge is -2.39. The normalized spacial score (nSPS) is 38.2. The molecule has 3 atom stereocenters. The Morgan fingerprint density at radius 1 is 1.17 bits per heavy atom. The summed E-state index contributed by atoms with van der Waals surface area (Å²) in [7, 11) is 0. The third kappa shape index (κ3) is 2.39. The predicted octanol–water partition coefficient (Wildman–Crippen LogP) is 4.08. The van der Waals surface area contributed by atoms with Gasteiger partial charge in [-0.05, 0) is 30.1 Å². The van der Waals surface area contributed by atoms with Gasteiger partial charge in [-0.2, -0.15) is 0 Å². The van der Waals surface area contributed by atoms with Crippen molar-refractivity contribution in [1.82, 2.24) is 0 Å². The molecule has 12 heavy (non-hydrogen) atoms. The highest BCUT2D eigenvalue weighted by Gasteiger charge is 2.34. The lowest BCUT2D eigenvalue weighted by Crippen LogP contribution is -2.33. The van der Waals surface area contributed by atoms with Gasteiger partial charge in [-0.1, -0.05) is 34.1 Å². The summed E-state index contributed by atoms with van der Waals surface area (Å²) in [6.45, 7) is 9.24. The molecule has 1 rings (SSSR count). The molecule has 1 aliphatic rings. The van der Waals surface area contributed by atoms with Crippen LogP contribution in [0.2, 0.25) is 0 Å². The van der Waals surface area contributed by atoms with Crippen LogP contribution in [0.4, 0.5) is 0 Å². The van der Waals surface area contributed by atoms with E-state index < -0.39 is 0 Å². The van der Waals surface area contributed by atoms with E-state index in [2.05, 4.69) is 27.7 Å². The Labute approximate surface area is 81.7 Å². The van der Waals surface area contributed by atoms with Crippen molar-refractivity contribution < 1.29 is 0 Å². The molecule has 0 spiro atoms. The number of rotatable bonds is 0. The van der Waals surface area contributed by atoms with Crippen LogP contribution in [0.3, 0.4) is 0 Å². The van der Waals surface area contributed by atoms with Gasteiger partial charge in [-0.25, -0.2) is 0 Å². The fraction of sp³-hybridized carbons (Fsp3) is 1.00. The monoisotopic (exact) mass is 188 g/mol. The van der Waals surface area contributed by atoms with Crippen LogP contribution in [0.25, 0.3) is 0 Å². The van der Waals surface area contributed by atoms with Crippen LogP contribution in [0.15, 0.2) is 0 Å². The van der Waals surface area contributed by atoms with Gasteiger partial charge in [-0.3, -0.25) is 0 Å². The number of halogens is 1. The van der Waals surface area contributed by atoms with Crippen molar-refractivity contribution in [3.63, 3.8) is 0 Å². The van der Waals surface area contributed by atoms with E-state index in [1.165, 1.54) is 19.3 Å². The van der Waals surface area contributed by atoms with E-state index in [1.54, 1.807) is 0 Å². The lowest BCUT2D eigenvalue weighted by molar-refractivity contribution is 0.160. The van der Waals surface area contributed by atoms with E-state index in [4.69, 9.17) is 11.6 Å². The smallest absolute Gasteiger partial charge is 0.0371 e. The van der Waals surface area contributed by atoms with Crippen LogP contribution in [0.5, 0.6) is 0 Å². The number of hydrogen-bond acceptors (Lipinski definition) is 0. The summed E-state index contributed by atoms with van der Waals surface area (Å²) in [6.07, 6.45) is 3.90. The maximum Gasteiger partial charge on any atom is 0.0371 e. The first-order valence-electron chi connectivity index (χ1n) is 5.05. The zero-order valence-electron chi connectivity index (χ0n) is 8.73. The minimum Gasteiger partial charge on any atom is -0.123 e. The van der Waals surface area contributed by atoms with Crippen LogP contribution < -0.4 is 0 Å². The van der Waals surface area contributed by atoms with E-state index in [9.17, 15) is 0 Å². The zero-order valence-corrected chi connectivity index (χ0v) is 9.49. The second kappa shape index (κ2) is 3.57. The molecule has 0 aliphatic heterocycles. The second-order valence-corrected chi connectivity index (χ2v) is 5.97. The van der Waals surface area contributed by atoms with Crippen molar-refractivity contribution in [2.75, 3.05) is 0 Å². The summed E-state index contributed by atoms with van der Waals surface area (Å²) in [5.41, 5.74) is 0.395. The van der Waals surface area contributed by atoms with Gasteiger partial charge in [0.05, 0.1) is 0 Å².